The Morgan fingerprint density at radius 3 is 2.55 bits per heavy atom. The van der Waals surface area contributed by atoms with E-state index in [1.165, 1.54) is 0 Å². The fourth-order valence-corrected chi connectivity index (χ4v) is 8.16. The third kappa shape index (κ3) is 6.08. The number of carbonyl (C=O) groups is 1. The number of hydrogen-bond donors (Lipinski definition) is 1. The predicted octanol–water partition coefficient (Wildman–Crippen LogP) is 5.30. The number of rotatable bonds is 8. The quantitative estimate of drug-likeness (QED) is 0.349. The molecule has 4 atom stereocenters. The van der Waals surface area contributed by atoms with Crippen LogP contribution < -0.4 is 5.32 Å². The average molecular weight is 605 g/mol. The van der Waals surface area contributed by atoms with Gasteiger partial charge in [-0.1, -0.05) is 29.8 Å². The highest BCUT2D eigenvalue weighted by Gasteiger charge is 2.44. The number of carbonyl (C=O) groups excluding carboxylic acids is 1. The van der Waals surface area contributed by atoms with Gasteiger partial charge in [0.1, 0.15) is 11.9 Å². The molecular weight excluding hydrogens is 569 g/mol. The molecule has 0 radical (unpaired) electrons. The number of halogens is 2. The van der Waals surface area contributed by atoms with Gasteiger partial charge >= 0.3 is 0 Å². The molecule has 2 aliphatic rings. The van der Waals surface area contributed by atoms with Gasteiger partial charge in [0.25, 0.3) is 0 Å². The van der Waals surface area contributed by atoms with Crippen LogP contribution in [-0.4, -0.2) is 77.6 Å². The van der Waals surface area contributed by atoms with Gasteiger partial charge in [-0.25, -0.2) is 18.4 Å². The minimum Gasteiger partial charge on any atom is -0.358 e. The van der Waals surface area contributed by atoms with Crippen molar-refractivity contribution < 1.29 is 13.2 Å². The van der Waals surface area contributed by atoms with Gasteiger partial charge in [-0.3, -0.25) is 4.79 Å². The van der Waals surface area contributed by atoms with E-state index >= 15 is 0 Å². The molecule has 1 aromatic heterocycles. The maximum absolute atomic E-state index is 13.8. The van der Waals surface area contributed by atoms with Crippen molar-refractivity contribution in [3.05, 3.63) is 58.8 Å². The zero-order chi connectivity index (χ0) is 28.6. The van der Waals surface area contributed by atoms with E-state index in [-0.39, 0.29) is 34.9 Å². The first-order valence-electron chi connectivity index (χ1n) is 13.7. The zero-order valence-electron chi connectivity index (χ0n) is 22.9. The molecule has 0 spiro atoms. The first-order valence-corrected chi connectivity index (χ1v) is 16.1. The molecule has 1 N–H and O–H groups in total. The maximum atomic E-state index is 13.8. The number of sulfone groups is 1. The molecule has 2 heterocycles. The van der Waals surface area contributed by atoms with Gasteiger partial charge in [0, 0.05) is 35.1 Å². The molecule has 1 amide bonds. The van der Waals surface area contributed by atoms with Crippen LogP contribution in [0.2, 0.25) is 10.3 Å². The Labute approximate surface area is 246 Å². The lowest BCUT2D eigenvalue weighted by Crippen LogP contribution is -2.52. The Balaban J connectivity index is 1.39. The summed E-state index contributed by atoms with van der Waals surface area (Å²) >= 11 is 12.4. The molecule has 3 aromatic rings. The number of anilines is 1. The molecular formula is C29H35Cl2N5O3S. The number of nitrogens with zero attached hydrogens (tertiary/aromatic N) is 4. The molecule has 0 bridgehead atoms. The fraction of sp³-hybridized carbons (Fsp3) is 0.483. The second kappa shape index (κ2) is 11.8. The summed E-state index contributed by atoms with van der Waals surface area (Å²) < 4.78 is 27.0. The van der Waals surface area contributed by atoms with Gasteiger partial charge in [0.05, 0.1) is 16.2 Å². The number of likely N-dealkylation sites (tertiary alicyclic amines) is 1. The van der Waals surface area contributed by atoms with E-state index in [0.29, 0.717) is 45.6 Å². The summed E-state index contributed by atoms with van der Waals surface area (Å²) in [4.78, 5) is 27.0. The first kappa shape index (κ1) is 29.0. The van der Waals surface area contributed by atoms with Gasteiger partial charge in [-0.15, -0.1) is 0 Å². The van der Waals surface area contributed by atoms with Crippen LogP contribution in [0, 0.1) is 5.92 Å². The molecule has 214 valence electrons. The Morgan fingerprint density at radius 1 is 1.07 bits per heavy atom. The Morgan fingerprint density at radius 2 is 1.82 bits per heavy atom. The van der Waals surface area contributed by atoms with Gasteiger partial charge in [-0.2, -0.15) is 0 Å². The lowest BCUT2D eigenvalue weighted by Gasteiger charge is -2.44. The SMILES string of the molecule is CC(C)N(C)C1CCC(N2CC[C@H](Nc3nc(Cl)nc4ccc(Cl)cc34)C2=O)[C@H](CS(=O)(=O)c2ccccc2)C1. The standard InChI is InChI=1S/C29H35Cl2N5O3S/c1-18(2)35(3)21-10-12-26(19(15-21)17-40(38,39)22-7-5-4-6-8-22)36-14-13-25(28(36)37)32-27-23-16-20(30)9-11-24(23)33-29(31)34-27/h4-9,11,16,18-19,21,25-26H,10,12-15,17H2,1-3H3,(H,32,33,34)/t19-,21?,25-,26?/m0/s1. The first-order chi connectivity index (χ1) is 19.0. The van der Waals surface area contributed by atoms with Crippen LogP contribution in [0.15, 0.2) is 53.4 Å². The largest absolute Gasteiger partial charge is 0.358 e. The number of hydrogen-bond acceptors (Lipinski definition) is 7. The van der Waals surface area contributed by atoms with Crippen molar-refractivity contribution in [1.82, 2.24) is 19.8 Å². The van der Waals surface area contributed by atoms with Crippen molar-refractivity contribution in [2.45, 2.75) is 68.6 Å². The van der Waals surface area contributed by atoms with E-state index in [1.54, 1.807) is 42.5 Å². The molecule has 1 saturated carbocycles. The van der Waals surface area contributed by atoms with E-state index in [1.807, 2.05) is 11.0 Å². The second-order valence-electron chi connectivity index (χ2n) is 11.2. The molecule has 2 fully saturated rings. The molecule has 5 rings (SSSR count). The van der Waals surface area contributed by atoms with E-state index < -0.39 is 15.9 Å². The number of nitrogens with one attached hydrogen (secondary N) is 1. The Bertz CT molecular complexity index is 1490. The van der Waals surface area contributed by atoms with Crippen molar-refractivity contribution in [2.75, 3.05) is 24.7 Å². The van der Waals surface area contributed by atoms with Crippen LogP contribution in [-0.2, 0) is 14.6 Å². The zero-order valence-corrected chi connectivity index (χ0v) is 25.3. The van der Waals surface area contributed by atoms with Gasteiger partial charge in [0.2, 0.25) is 11.2 Å². The van der Waals surface area contributed by atoms with Crippen molar-refractivity contribution in [3.63, 3.8) is 0 Å². The predicted molar refractivity (Wildman–Crippen MR) is 160 cm³/mol. The summed E-state index contributed by atoms with van der Waals surface area (Å²) in [5, 5.41) is 4.59. The van der Waals surface area contributed by atoms with E-state index in [9.17, 15) is 13.2 Å². The van der Waals surface area contributed by atoms with Crippen LogP contribution in [0.1, 0.15) is 39.5 Å². The lowest BCUT2D eigenvalue weighted by molar-refractivity contribution is -0.132. The van der Waals surface area contributed by atoms with Crippen molar-refractivity contribution in [2.24, 2.45) is 5.92 Å². The number of aromatic nitrogens is 2. The fourth-order valence-electron chi connectivity index (χ4n) is 6.12. The molecule has 8 nitrogen and oxygen atoms in total. The highest BCUT2D eigenvalue weighted by atomic mass is 35.5. The van der Waals surface area contributed by atoms with Crippen molar-refractivity contribution >= 4 is 55.7 Å². The molecule has 2 unspecified atom stereocenters. The monoisotopic (exact) mass is 603 g/mol. The van der Waals surface area contributed by atoms with Gasteiger partial charge in [-0.05, 0) is 94.4 Å². The molecule has 40 heavy (non-hydrogen) atoms. The third-order valence-corrected chi connectivity index (χ3v) is 10.7. The molecule has 2 aromatic carbocycles. The highest BCUT2D eigenvalue weighted by molar-refractivity contribution is 7.91. The van der Waals surface area contributed by atoms with Crippen LogP contribution in [0.4, 0.5) is 5.82 Å². The smallest absolute Gasteiger partial charge is 0.245 e. The summed E-state index contributed by atoms with van der Waals surface area (Å²) in [7, 11) is -1.42. The normalized spacial score (nSPS) is 23.9. The summed E-state index contributed by atoms with van der Waals surface area (Å²) in [6, 6.07) is 13.8. The lowest BCUT2D eigenvalue weighted by atomic mass is 9.81. The molecule has 1 aliphatic carbocycles. The van der Waals surface area contributed by atoms with Gasteiger partial charge < -0.3 is 15.1 Å². The Hall–Kier alpha value is -2.46. The van der Waals surface area contributed by atoms with Crippen molar-refractivity contribution in [3.8, 4) is 0 Å². The maximum Gasteiger partial charge on any atom is 0.245 e. The van der Waals surface area contributed by atoms with Crippen LogP contribution in [0.25, 0.3) is 10.9 Å². The number of amides is 1. The highest BCUT2D eigenvalue weighted by Crippen LogP contribution is 2.36. The number of fused-ring (bicyclic) bond motifs is 1. The molecule has 11 heteroatoms. The second-order valence-corrected chi connectivity index (χ2v) is 14.0. The van der Waals surface area contributed by atoms with E-state index in [4.69, 9.17) is 23.2 Å². The molecule has 1 aliphatic heterocycles. The minimum absolute atomic E-state index is 0.0106. The minimum atomic E-state index is -3.52. The van der Waals surface area contributed by atoms with Crippen LogP contribution >= 0.6 is 23.2 Å². The van der Waals surface area contributed by atoms with Crippen molar-refractivity contribution in [1.29, 1.82) is 0 Å². The molecule has 1 saturated heterocycles. The summed E-state index contributed by atoms with van der Waals surface area (Å²) in [6.07, 6.45) is 2.96. The average Bonchev–Trinajstić information content (AvgIpc) is 3.28. The van der Waals surface area contributed by atoms with E-state index in [0.717, 1.165) is 19.3 Å². The summed E-state index contributed by atoms with van der Waals surface area (Å²) in [6.45, 7) is 4.85. The van der Waals surface area contributed by atoms with E-state index in [2.05, 4.69) is 41.1 Å². The van der Waals surface area contributed by atoms with Crippen LogP contribution in [0.5, 0.6) is 0 Å². The van der Waals surface area contributed by atoms with Gasteiger partial charge in [0.15, 0.2) is 9.84 Å². The van der Waals surface area contributed by atoms with Crippen LogP contribution in [0.3, 0.4) is 0 Å². The number of benzene rings is 2. The topological polar surface area (TPSA) is 95.5 Å². The Kier molecular flexibility index (Phi) is 8.57. The summed E-state index contributed by atoms with van der Waals surface area (Å²) in [5.41, 5.74) is 0.632. The third-order valence-electron chi connectivity index (χ3n) is 8.42. The summed E-state index contributed by atoms with van der Waals surface area (Å²) in [5.74, 6) is 0.244.